The molecule has 4 bridgehead atoms. The van der Waals surface area contributed by atoms with Crippen LogP contribution in [0.5, 0.6) is 57.5 Å². The molecule has 0 aliphatic carbocycles. The predicted molar refractivity (Wildman–Crippen MR) is 378 cm³/mol. The van der Waals surface area contributed by atoms with Crippen molar-refractivity contribution in [2.75, 3.05) is 55.0 Å². The number of fused-ring (bicyclic) bond motifs is 19. The number of methoxy groups -OCH3 is 2. The molecule has 5 aromatic carbocycles. The average molecular weight is 1450 g/mol. The maximum atomic E-state index is 14.5. The Morgan fingerprint density at radius 2 is 1.15 bits per heavy atom. The molecule has 27 nitrogen and oxygen atoms in total. The molecule has 8 aliphatic heterocycles. The van der Waals surface area contributed by atoms with Crippen molar-refractivity contribution >= 4 is 52.4 Å². The van der Waals surface area contributed by atoms with E-state index in [1.54, 1.807) is 39.8 Å². The van der Waals surface area contributed by atoms with Crippen molar-refractivity contribution in [3.05, 3.63) is 144 Å². The fourth-order valence-corrected chi connectivity index (χ4v) is 17.8. The van der Waals surface area contributed by atoms with Crippen LogP contribution in [0.4, 0.5) is 4.79 Å². The van der Waals surface area contributed by atoms with E-state index in [1.165, 1.54) is 34.3 Å². The number of phenols is 2. The Labute approximate surface area is 605 Å². The molecule has 0 spiro atoms. The van der Waals surface area contributed by atoms with E-state index in [2.05, 4.69) is 35.7 Å². The molecule has 3 amide bonds. The lowest BCUT2D eigenvalue weighted by Crippen LogP contribution is -2.69. The summed E-state index contributed by atoms with van der Waals surface area (Å²) >= 11 is 6.25. The number of ether oxygens (including phenoxy) is 9. The van der Waals surface area contributed by atoms with Crippen molar-refractivity contribution in [2.45, 2.75) is 167 Å². The lowest BCUT2D eigenvalue weighted by atomic mass is 9.73. The van der Waals surface area contributed by atoms with Crippen LogP contribution in [0.15, 0.2) is 60.9 Å². The van der Waals surface area contributed by atoms with Gasteiger partial charge in [-0.15, -0.1) is 0 Å². The average Bonchev–Trinajstić information content (AvgIpc) is 0.762. The highest BCUT2D eigenvalue weighted by Crippen LogP contribution is 2.61. The zero-order valence-corrected chi connectivity index (χ0v) is 60.9. The maximum Gasteiger partial charge on any atom is 0.408 e. The van der Waals surface area contributed by atoms with Crippen LogP contribution < -0.4 is 53.8 Å². The smallest absolute Gasteiger partial charge is 0.408 e. The number of phenolic OH excluding ortho intramolecular Hbond substituents is 2. The molecule has 10 heterocycles. The van der Waals surface area contributed by atoms with Crippen LogP contribution in [0.2, 0.25) is 5.15 Å². The summed E-state index contributed by atoms with van der Waals surface area (Å²) < 4.78 is 52.7. The van der Waals surface area contributed by atoms with Gasteiger partial charge in [0.2, 0.25) is 19.5 Å². The number of pyridine rings is 1. The molecule has 7 aromatic rings. The molecule has 0 saturated carbocycles. The highest BCUT2D eigenvalue weighted by molar-refractivity contribution is 6.32. The van der Waals surface area contributed by atoms with Crippen molar-refractivity contribution in [3.8, 4) is 57.5 Å². The number of likely N-dealkylation sites (N-methyl/N-ethyl adjacent to an activating group) is 2. The molecule has 8 aliphatic rings. The topological polar surface area (TPSA) is 327 Å². The van der Waals surface area contributed by atoms with E-state index >= 15 is 0 Å². The number of piperazine rings is 2. The number of benzene rings is 5. The monoisotopic (exact) mass is 1450 g/mol. The van der Waals surface area contributed by atoms with Crippen molar-refractivity contribution in [3.63, 3.8) is 0 Å². The Morgan fingerprint density at radius 1 is 0.663 bits per heavy atom. The number of alkyl carbamates (subject to hydrolysis) is 1. The number of rotatable bonds is 13. The Hall–Kier alpha value is -9.61. The molecule has 11 atom stereocenters. The molecule has 15 rings (SSSR count). The van der Waals surface area contributed by atoms with Gasteiger partial charge in [0, 0.05) is 113 Å². The number of carbonyl (C=O) groups is 5. The number of aliphatic hydroxyl groups is 2. The van der Waals surface area contributed by atoms with Gasteiger partial charge in [-0.3, -0.25) is 38.8 Å². The molecular formula is C76H86ClN9O18. The van der Waals surface area contributed by atoms with E-state index < -0.39 is 90.2 Å². The van der Waals surface area contributed by atoms with Crippen molar-refractivity contribution < 1.29 is 87.0 Å². The van der Waals surface area contributed by atoms with Crippen LogP contribution in [0.1, 0.15) is 141 Å². The number of para-hydroxylation sites is 1. The number of esters is 2. The fraction of sp³-hybridized carbons (Fsp3) is 0.447. The van der Waals surface area contributed by atoms with Gasteiger partial charge in [0.1, 0.15) is 40.8 Å². The van der Waals surface area contributed by atoms with Gasteiger partial charge in [-0.05, 0) is 134 Å². The summed E-state index contributed by atoms with van der Waals surface area (Å²) in [4.78, 5) is 81.7. The van der Waals surface area contributed by atoms with Gasteiger partial charge in [0.25, 0.3) is 5.91 Å². The molecule has 104 heavy (non-hydrogen) atoms. The van der Waals surface area contributed by atoms with E-state index in [4.69, 9.17) is 54.2 Å². The summed E-state index contributed by atoms with van der Waals surface area (Å²) in [6, 6.07) is 10.0. The SMILES string of the molecule is COc1c(C)cc2c(c1O)[C@@H]1C3Cc4c(OC(C)=O)c(C)c5c(c4[C@H](CNC(=O)[C@H](Cc4c[nH]c6ccccc46)NC(=O)OC(C)(C)C)N3[C@@H](O)[C@H](C2)N1C)OCO5.COc1c(C)cc2c(c1O)[C@@H]1C3Cc4c(OC(C)=O)c(C)c5c(c4[C@H](CNC(=O)c4cccnc4Cl)N3[C@@H](O)[C@H](C2)N1C)OCO5. The van der Waals surface area contributed by atoms with E-state index in [-0.39, 0.29) is 73.8 Å². The third kappa shape index (κ3) is 12.1. The standard InChI is InChI=1S/C43H51N5O10.C33H35ClN4O8/c1-20-13-23-15-30-41(52)48-29(34(47(30)7)32(23)35(50)36(20)54-8)16-26-33(39-38(55-19-56-39)21(2)37(26)57-22(3)49)31(48)18-45-40(51)28(46-42(53)58-43(4,5)6)14-24-17-44-27-12-10-9-11-25(24)27;1-14-9-17-10-21-33(42)38-20(25(37(21)4)23(17)26(40)27(14)43-5)11-19-24(22(38)12-36-32(41)18-7-6-8-35-31(18)34)30-29(44-13-45-30)15(2)28(19)46-16(3)39/h9-13,17,28-31,34,41,44,50,52H,14-16,18-19H2,1-8H3,(H,45,51)(H,46,53);6-9,20-22,25,33,40,42H,10-13H2,1-5H3,(H,36,41)/t28-,29?,30-,31-,34-,41-;20?,21-,22-,25-,33-/m00/s1. The van der Waals surface area contributed by atoms with Gasteiger partial charge in [-0.2, -0.15) is 0 Å². The first-order valence-electron chi connectivity index (χ1n) is 34.7. The molecule has 2 saturated heterocycles. The Morgan fingerprint density at radius 3 is 1.63 bits per heavy atom. The van der Waals surface area contributed by atoms with Crippen LogP contribution in [0.25, 0.3) is 10.9 Å². The van der Waals surface area contributed by atoms with Gasteiger partial charge in [-0.1, -0.05) is 41.9 Å². The van der Waals surface area contributed by atoms with Gasteiger partial charge < -0.3 is 84.0 Å². The van der Waals surface area contributed by atoms with E-state index in [1.807, 2.05) is 87.3 Å². The maximum absolute atomic E-state index is 14.5. The molecule has 2 aromatic heterocycles. The van der Waals surface area contributed by atoms with Gasteiger partial charge in [0.05, 0.1) is 56.0 Å². The zero-order chi connectivity index (χ0) is 74.0. The number of aromatic nitrogens is 2. The summed E-state index contributed by atoms with van der Waals surface area (Å²) in [5, 5.41) is 58.0. The van der Waals surface area contributed by atoms with Crippen LogP contribution in [-0.2, 0) is 51.2 Å². The highest BCUT2D eigenvalue weighted by atomic mass is 35.5. The number of amides is 3. The molecule has 2 unspecified atom stereocenters. The van der Waals surface area contributed by atoms with E-state index in [0.29, 0.717) is 104 Å². The number of hydrogen-bond acceptors (Lipinski definition) is 23. The number of hydrogen-bond donors (Lipinski definition) is 8. The van der Waals surface area contributed by atoms with Crippen LogP contribution in [0.3, 0.4) is 0 Å². The summed E-state index contributed by atoms with van der Waals surface area (Å²) in [5.74, 6) is 1.43. The third-order valence-electron chi connectivity index (χ3n) is 21.7. The van der Waals surface area contributed by atoms with Crippen LogP contribution in [0, 0.1) is 27.7 Å². The van der Waals surface area contributed by atoms with Crippen molar-refractivity contribution in [1.29, 1.82) is 0 Å². The number of nitrogens with one attached hydrogen (secondary N) is 4. The predicted octanol–water partition coefficient (Wildman–Crippen LogP) is 7.95. The molecule has 8 N–H and O–H groups in total. The van der Waals surface area contributed by atoms with Crippen LogP contribution in [-0.4, -0.2) is 183 Å². The minimum atomic E-state index is -1.05. The third-order valence-corrected chi connectivity index (χ3v) is 22.0. The quantitative estimate of drug-likeness (QED) is 0.0308. The Balaban J connectivity index is 0.000000180. The van der Waals surface area contributed by atoms with Crippen LogP contribution >= 0.6 is 11.6 Å². The number of aromatic amines is 1. The lowest BCUT2D eigenvalue weighted by molar-refractivity contribution is -0.172. The summed E-state index contributed by atoms with van der Waals surface area (Å²) in [5.41, 5.74) is 9.84. The van der Waals surface area contributed by atoms with E-state index in [9.17, 15) is 44.4 Å². The summed E-state index contributed by atoms with van der Waals surface area (Å²) in [6.07, 6.45) is 2.26. The van der Waals surface area contributed by atoms with Gasteiger partial charge in [-0.25, -0.2) is 9.78 Å². The normalized spacial score (nSPS) is 23.5. The molecule has 550 valence electrons. The summed E-state index contributed by atoms with van der Waals surface area (Å²) in [7, 11) is 6.93. The Bertz CT molecular complexity index is 4670. The minimum absolute atomic E-state index is 0.0309. The fourth-order valence-electron chi connectivity index (χ4n) is 17.6. The first-order valence-corrected chi connectivity index (χ1v) is 35.1. The number of carbonyl (C=O) groups excluding carboxylic acids is 5. The second kappa shape index (κ2) is 27.5. The van der Waals surface area contributed by atoms with Gasteiger partial charge >= 0.3 is 18.0 Å². The number of H-pyrrole nitrogens is 1. The largest absolute Gasteiger partial charge is 0.504 e. The molecule has 28 heteroatoms. The first-order chi connectivity index (χ1) is 49.6. The molecule has 2 fully saturated rings. The lowest BCUT2D eigenvalue weighted by Gasteiger charge is -2.60. The minimum Gasteiger partial charge on any atom is -0.504 e. The van der Waals surface area contributed by atoms with Gasteiger partial charge in [0.15, 0.2) is 46.0 Å². The number of nitrogens with zero attached hydrogens (tertiary/aromatic N) is 5. The number of aliphatic hydroxyl groups excluding tert-OH is 2. The van der Waals surface area contributed by atoms with E-state index in [0.717, 1.165) is 44.3 Å². The molecular weight excluding hydrogens is 1360 g/mol. The number of halogens is 1. The zero-order valence-electron chi connectivity index (χ0n) is 60.1. The number of aryl methyl sites for hydroxylation is 2. The number of aromatic hydroxyl groups is 2. The highest BCUT2D eigenvalue weighted by Gasteiger charge is 2.59. The van der Waals surface area contributed by atoms with Crippen molar-refractivity contribution in [2.24, 2.45) is 0 Å². The van der Waals surface area contributed by atoms with Crippen molar-refractivity contribution in [1.82, 2.24) is 45.5 Å². The molecule has 0 radical (unpaired) electrons. The second-order valence-corrected chi connectivity index (χ2v) is 29.3. The summed E-state index contributed by atoms with van der Waals surface area (Å²) in [6.45, 7) is 15.2. The Kier molecular flexibility index (Phi) is 18.8. The second-order valence-electron chi connectivity index (χ2n) is 28.9. The first kappa shape index (κ1) is 71.4.